The molecule has 0 radical (unpaired) electrons. The van der Waals surface area contributed by atoms with Crippen molar-refractivity contribution < 1.29 is 4.74 Å². The fourth-order valence-corrected chi connectivity index (χ4v) is 2.13. The molecule has 0 saturated carbocycles. The van der Waals surface area contributed by atoms with Crippen LogP contribution in [-0.4, -0.2) is 16.6 Å². The zero-order chi connectivity index (χ0) is 15.2. The fraction of sp³-hybridized carbons (Fsp3) is 0.412. The summed E-state index contributed by atoms with van der Waals surface area (Å²) in [4.78, 5) is 9.00. The SMILES string of the molecule is CCCOc1ccc(-c2nc(CCC)nc(N)c2C)cc1. The second kappa shape index (κ2) is 7.07. The fourth-order valence-electron chi connectivity index (χ4n) is 2.13. The van der Waals surface area contributed by atoms with Gasteiger partial charge in [-0.05, 0) is 44.0 Å². The van der Waals surface area contributed by atoms with E-state index in [1.165, 1.54) is 0 Å². The number of nitrogen functional groups attached to an aromatic ring is 1. The molecule has 1 aromatic heterocycles. The summed E-state index contributed by atoms with van der Waals surface area (Å²) in [5.41, 5.74) is 8.89. The highest BCUT2D eigenvalue weighted by atomic mass is 16.5. The standard InChI is InChI=1S/C17H23N3O/c1-4-6-15-19-16(12(3)17(18)20-15)13-7-9-14(10-8-13)21-11-5-2/h7-10H,4-6,11H2,1-3H3,(H2,18,19,20). The van der Waals surface area contributed by atoms with Gasteiger partial charge in [-0.3, -0.25) is 0 Å². The van der Waals surface area contributed by atoms with Crippen LogP contribution < -0.4 is 10.5 Å². The minimum atomic E-state index is 0.565. The molecule has 1 heterocycles. The molecule has 1 aromatic carbocycles. The average molecular weight is 285 g/mol. The van der Waals surface area contributed by atoms with Crippen molar-refractivity contribution in [1.29, 1.82) is 0 Å². The number of hydrogen-bond acceptors (Lipinski definition) is 4. The minimum Gasteiger partial charge on any atom is -0.494 e. The summed E-state index contributed by atoms with van der Waals surface area (Å²) in [5.74, 6) is 2.26. The first kappa shape index (κ1) is 15.3. The largest absolute Gasteiger partial charge is 0.494 e. The van der Waals surface area contributed by atoms with E-state index in [1.54, 1.807) is 0 Å². The molecule has 2 N–H and O–H groups in total. The van der Waals surface area contributed by atoms with Gasteiger partial charge in [0.25, 0.3) is 0 Å². The maximum atomic E-state index is 6.01. The summed E-state index contributed by atoms with van der Waals surface area (Å²) in [6.45, 7) is 6.90. The molecule has 0 aliphatic rings. The molecule has 21 heavy (non-hydrogen) atoms. The highest BCUT2D eigenvalue weighted by molar-refractivity contribution is 5.67. The van der Waals surface area contributed by atoms with Crippen LogP contribution in [0.4, 0.5) is 5.82 Å². The summed E-state index contributed by atoms with van der Waals surface area (Å²) in [5, 5.41) is 0. The number of anilines is 1. The molecule has 4 heteroatoms. The van der Waals surface area contributed by atoms with E-state index < -0.39 is 0 Å². The van der Waals surface area contributed by atoms with Crippen LogP contribution in [0.5, 0.6) is 5.75 Å². The zero-order valence-corrected chi connectivity index (χ0v) is 13.0. The lowest BCUT2D eigenvalue weighted by molar-refractivity contribution is 0.317. The number of nitrogens with two attached hydrogens (primary N) is 1. The second-order valence-corrected chi connectivity index (χ2v) is 5.12. The Morgan fingerprint density at radius 1 is 1.05 bits per heavy atom. The molecule has 0 bridgehead atoms. The predicted octanol–water partition coefficient (Wildman–Crippen LogP) is 3.78. The van der Waals surface area contributed by atoms with Gasteiger partial charge in [0.05, 0.1) is 12.3 Å². The normalized spacial score (nSPS) is 10.6. The highest BCUT2D eigenvalue weighted by Crippen LogP contribution is 2.26. The van der Waals surface area contributed by atoms with Crippen molar-refractivity contribution >= 4 is 5.82 Å². The van der Waals surface area contributed by atoms with E-state index in [-0.39, 0.29) is 0 Å². The number of ether oxygens (including phenoxy) is 1. The van der Waals surface area contributed by atoms with Crippen molar-refractivity contribution in [3.05, 3.63) is 35.7 Å². The molecule has 112 valence electrons. The van der Waals surface area contributed by atoms with E-state index in [2.05, 4.69) is 23.8 Å². The van der Waals surface area contributed by atoms with Gasteiger partial charge in [0, 0.05) is 17.5 Å². The van der Waals surface area contributed by atoms with E-state index in [9.17, 15) is 0 Å². The Kier molecular flexibility index (Phi) is 5.14. The summed E-state index contributed by atoms with van der Waals surface area (Å²) >= 11 is 0. The van der Waals surface area contributed by atoms with Gasteiger partial charge in [0.15, 0.2) is 0 Å². The van der Waals surface area contributed by atoms with Crippen LogP contribution in [0, 0.1) is 6.92 Å². The molecular formula is C17H23N3O. The van der Waals surface area contributed by atoms with Crippen LogP contribution >= 0.6 is 0 Å². The van der Waals surface area contributed by atoms with Gasteiger partial charge in [-0.2, -0.15) is 0 Å². The van der Waals surface area contributed by atoms with E-state index in [0.717, 1.165) is 54.3 Å². The summed E-state index contributed by atoms with van der Waals surface area (Å²) in [6, 6.07) is 8.00. The molecule has 0 atom stereocenters. The van der Waals surface area contributed by atoms with E-state index in [1.807, 2.05) is 31.2 Å². The topological polar surface area (TPSA) is 61.0 Å². The molecule has 0 aliphatic carbocycles. The van der Waals surface area contributed by atoms with Crippen LogP contribution in [0.3, 0.4) is 0 Å². The predicted molar refractivity (Wildman–Crippen MR) is 86.4 cm³/mol. The third-order valence-electron chi connectivity index (χ3n) is 3.30. The Morgan fingerprint density at radius 3 is 2.38 bits per heavy atom. The van der Waals surface area contributed by atoms with E-state index >= 15 is 0 Å². The van der Waals surface area contributed by atoms with Gasteiger partial charge >= 0.3 is 0 Å². The molecule has 4 nitrogen and oxygen atoms in total. The number of aromatic nitrogens is 2. The molecule has 0 saturated heterocycles. The molecule has 0 fully saturated rings. The number of aryl methyl sites for hydroxylation is 1. The maximum Gasteiger partial charge on any atom is 0.131 e. The molecule has 0 spiro atoms. The summed E-state index contributed by atoms with van der Waals surface area (Å²) in [6.07, 6.45) is 2.85. The number of hydrogen-bond donors (Lipinski definition) is 1. The van der Waals surface area contributed by atoms with Crippen LogP contribution in [-0.2, 0) is 6.42 Å². The summed E-state index contributed by atoms with van der Waals surface area (Å²) in [7, 11) is 0. The van der Waals surface area contributed by atoms with E-state index in [0.29, 0.717) is 5.82 Å². The Bertz CT molecular complexity index is 594. The molecular weight excluding hydrogens is 262 g/mol. The van der Waals surface area contributed by atoms with Crippen molar-refractivity contribution in [3.63, 3.8) is 0 Å². The monoisotopic (exact) mass is 285 g/mol. The first-order valence-electron chi connectivity index (χ1n) is 7.52. The molecule has 2 aromatic rings. The Morgan fingerprint density at radius 2 is 1.76 bits per heavy atom. The van der Waals surface area contributed by atoms with Gasteiger partial charge < -0.3 is 10.5 Å². The Balaban J connectivity index is 2.32. The smallest absolute Gasteiger partial charge is 0.131 e. The minimum absolute atomic E-state index is 0.565. The zero-order valence-electron chi connectivity index (χ0n) is 13.0. The van der Waals surface area contributed by atoms with Crippen LogP contribution in [0.1, 0.15) is 38.1 Å². The van der Waals surface area contributed by atoms with Crippen molar-refractivity contribution in [2.24, 2.45) is 0 Å². The van der Waals surface area contributed by atoms with Gasteiger partial charge in [-0.25, -0.2) is 9.97 Å². The molecule has 0 aliphatic heterocycles. The molecule has 0 unspecified atom stereocenters. The van der Waals surface area contributed by atoms with Gasteiger partial charge in [-0.15, -0.1) is 0 Å². The third kappa shape index (κ3) is 3.72. The molecule has 2 rings (SSSR count). The lowest BCUT2D eigenvalue weighted by Crippen LogP contribution is -2.05. The number of rotatable bonds is 6. The summed E-state index contributed by atoms with van der Waals surface area (Å²) < 4.78 is 5.60. The number of nitrogens with zero attached hydrogens (tertiary/aromatic N) is 2. The van der Waals surface area contributed by atoms with E-state index in [4.69, 9.17) is 10.5 Å². The quantitative estimate of drug-likeness (QED) is 0.877. The lowest BCUT2D eigenvalue weighted by Gasteiger charge is -2.11. The first-order valence-corrected chi connectivity index (χ1v) is 7.52. The first-order chi connectivity index (χ1) is 10.2. The van der Waals surface area contributed by atoms with Gasteiger partial charge in [-0.1, -0.05) is 13.8 Å². The van der Waals surface area contributed by atoms with Crippen LogP contribution in [0.15, 0.2) is 24.3 Å². The number of benzene rings is 1. The highest BCUT2D eigenvalue weighted by Gasteiger charge is 2.10. The average Bonchev–Trinajstić information content (AvgIpc) is 2.49. The Labute approximate surface area is 126 Å². The molecule has 0 amide bonds. The Hall–Kier alpha value is -2.10. The van der Waals surface area contributed by atoms with Gasteiger partial charge in [0.1, 0.15) is 17.4 Å². The second-order valence-electron chi connectivity index (χ2n) is 5.12. The van der Waals surface area contributed by atoms with Crippen molar-refractivity contribution in [1.82, 2.24) is 9.97 Å². The van der Waals surface area contributed by atoms with Crippen LogP contribution in [0.2, 0.25) is 0 Å². The van der Waals surface area contributed by atoms with Crippen LogP contribution in [0.25, 0.3) is 11.3 Å². The third-order valence-corrected chi connectivity index (χ3v) is 3.30. The van der Waals surface area contributed by atoms with Gasteiger partial charge in [0.2, 0.25) is 0 Å². The van der Waals surface area contributed by atoms with Crippen molar-refractivity contribution in [2.45, 2.75) is 40.0 Å². The van der Waals surface area contributed by atoms with Crippen molar-refractivity contribution in [3.8, 4) is 17.0 Å². The lowest BCUT2D eigenvalue weighted by atomic mass is 10.1. The van der Waals surface area contributed by atoms with Crippen molar-refractivity contribution in [2.75, 3.05) is 12.3 Å². The maximum absolute atomic E-state index is 6.01.